The van der Waals surface area contributed by atoms with Gasteiger partial charge >= 0.3 is 0 Å². The van der Waals surface area contributed by atoms with E-state index in [1.165, 1.54) is 38.5 Å². The number of carbonyl (C=O) groups excluding carboxylic acids is 1. The SMILES string of the molecule is CC1CC2CCCC(NC(=O)C3(C)CC=CC3)(C1)C2. The Bertz CT molecular complexity index is 388. The van der Waals surface area contributed by atoms with E-state index in [2.05, 4.69) is 31.3 Å². The summed E-state index contributed by atoms with van der Waals surface area (Å²) >= 11 is 0. The van der Waals surface area contributed by atoms with Crippen molar-refractivity contribution in [3.8, 4) is 0 Å². The Morgan fingerprint density at radius 3 is 2.74 bits per heavy atom. The molecule has 3 aliphatic carbocycles. The molecule has 2 fully saturated rings. The molecule has 0 radical (unpaired) electrons. The maximum atomic E-state index is 12.7. The van der Waals surface area contributed by atoms with Gasteiger partial charge in [-0.25, -0.2) is 0 Å². The number of fused-ring (bicyclic) bond motifs is 2. The second-order valence-electron chi connectivity index (χ2n) is 7.68. The summed E-state index contributed by atoms with van der Waals surface area (Å²) in [7, 11) is 0. The van der Waals surface area contributed by atoms with Gasteiger partial charge in [0.05, 0.1) is 5.41 Å². The third-order valence-electron chi connectivity index (χ3n) is 5.65. The lowest BCUT2D eigenvalue weighted by Gasteiger charge is -2.49. The normalized spacial score (nSPS) is 40.1. The van der Waals surface area contributed by atoms with E-state index < -0.39 is 0 Å². The zero-order chi connectivity index (χ0) is 13.5. The van der Waals surface area contributed by atoms with Crippen LogP contribution in [-0.4, -0.2) is 11.4 Å². The summed E-state index contributed by atoms with van der Waals surface area (Å²) < 4.78 is 0. The van der Waals surface area contributed by atoms with Crippen LogP contribution < -0.4 is 5.32 Å². The van der Waals surface area contributed by atoms with E-state index >= 15 is 0 Å². The average molecular weight is 261 g/mol. The highest BCUT2D eigenvalue weighted by atomic mass is 16.2. The molecule has 2 saturated carbocycles. The molecule has 106 valence electrons. The summed E-state index contributed by atoms with van der Waals surface area (Å²) in [4.78, 5) is 12.7. The van der Waals surface area contributed by atoms with Crippen molar-refractivity contribution in [3.63, 3.8) is 0 Å². The van der Waals surface area contributed by atoms with Gasteiger partial charge < -0.3 is 5.32 Å². The summed E-state index contributed by atoms with van der Waals surface area (Å²) in [5.41, 5.74) is -0.0500. The van der Waals surface area contributed by atoms with E-state index in [0.717, 1.165) is 24.7 Å². The molecule has 2 bridgehead atoms. The van der Waals surface area contributed by atoms with Crippen molar-refractivity contribution < 1.29 is 4.79 Å². The second kappa shape index (κ2) is 4.64. The van der Waals surface area contributed by atoms with Crippen molar-refractivity contribution in [1.29, 1.82) is 0 Å². The third-order valence-corrected chi connectivity index (χ3v) is 5.65. The molecule has 0 heterocycles. The number of rotatable bonds is 2. The summed E-state index contributed by atoms with van der Waals surface area (Å²) in [6.45, 7) is 4.47. The van der Waals surface area contributed by atoms with Gasteiger partial charge in [-0.2, -0.15) is 0 Å². The highest BCUT2D eigenvalue weighted by Gasteiger charge is 2.45. The quantitative estimate of drug-likeness (QED) is 0.752. The molecular formula is C17H27NO. The van der Waals surface area contributed by atoms with E-state index in [1.807, 2.05) is 0 Å². The van der Waals surface area contributed by atoms with Crippen molar-refractivity contribution >= 4 is 5.91 Å². The predicted molar refractivity (Wildman–Crippen MR) is 77.7 cm³/mol. The molecular weight excluding hydrogens is 234 g/mol. The Morgan fingerprint density at radius 2 is 2.00 bits per heavy atom. The van der Waals surface area contributed by atoms with Crippen LogP contribution in [0, 0.1) is 17.3 Å². The van der Waals surface area contributed by atoms with Gasteiger partial charge in [0.15, 0.2) is 0 Å². The molecule has 3 unspecified atom stereocenters. The lowest BCUT2D eigenvalue weighted by Crippen LogP contribution is -2.57. The summed E-state index contributed by atoms with van der Waals surface area (Å²) in [6, 6.07) is 0. The fourth-order valence-corrected chi connectivity index (χ4v) is 4.70. The van der Waals surface area contributed by atoms with Crippen LogP contribution in [0.2, 0.25) is 0 Å². The van der Waals surface area contributed by atoms with E-state index in [1.54, 1.807) is 0 Å². The summed E-state index contributed by atoms with van der Waals surface area (Å²) in [6.07, 6.45) is 13.8. The minimum Gasteiger partial charge on any atom is -0.350 e. The fraction of sp³-hybridized carbons (Fsp3) is 0.824. The lowest BCUT2D eigenvalue weighted by atomic mass is 9.63. The minimum absolute atomic E-state index is 0.128. The zero-order valence-electron chi connectivity index (χ0n) is 12.4. The average Bonchev–Trinajstić information content (AvgIpc) is 2.76. The van der Waals surface area contributed by atoms with E-state index in [-0.39, 0.29) is 11.0 Å². The molecule has 3 aliphatic rings. The van der Waals surface area contributed by atoms with Crippen LogP contribution in [0.5, 0.6) is 0 Å². The van der Waals surface area contributed by atoms with Crippen LogP contribution in [0.1, 0.15) is 65.2 Å². The molecule has 1 amide bonds. The molecule has 0 aromatic carbocycles. The summed E-state index contributed by atoms with van der Waals surface area (Å²) in [5, 5.41) is 3.50. The standard InChI is InChI=1S/C17H27NO/c1-13-10-14-6-5-9-17(11-13,12-14)18-15(19)16(2)7-3-4-8-16/h3-4,13-14H,5-12H2,1-2H3,(H,18,19). The first kappa shape index (κ1) is 13.2. The number of amides is 1. The Balaban J connectivity index is 1.72. The van der Waals surface area contributed by atoms with Gasteiger partial charge in [-0.05, 0) is 50.4 Å². The molecule has 3 rings (SSSR count). The van der Waals surface area contributed by atoms with Crippen LogP contribution >= 0.6 is 0 Å². The summed E-state index contributed by atoms with van der Waals surface area (Å²) in [5.74, 6) is 1.92. The molecule has 0 saturated heterocycles. The van der Waals surface area contributed by atoms with E-state index in [4.69, 9.17) is 0 Å². The topological polar surface area (TPSA) is 29.1 Å². The van der Waals surface area contributed by atoms with Crippen molar-refractivity contribution in [2.24, 2.45) is 17.3 Å². The third kappa shape index (κ3) is 2.46. The Morgan fingerprint density at radius 1 is 1.26 bits per heavy atom. The lowest BCUT2D eigenvalue weighted by molar-refractivity contribution is -0.133. The molecule has 0 spiro atoms. The first-order chi connectivity index (χ1) is 9.01. The Hall–Kier alpha value is -0.790. The number of hydrogen-bond acceptors (Lipinski definition) is 1. The monoisotopic (exact) mass is 261 g/mol. The van der Waals surface area contributed by atoms with E-state index in [9.17, 15) is 4.79 Å². The molecule has 19 heavy (non-hydrogen) atoms. The van der Waals surface area contributed by atoms with Crippen LogP contribution in [0.4, 0.5) is 0 Å². The Labute approximate surface area is 117 Å². The van der Waals surface area contributed by atoms with Gasteiger partial charge in [-0.1, -0.05) is 38.8 Å². The van der Waals surface area contributed by atoms with Crippen LogP contribution in [0.25, 0.3) is 0 Å². The van der Waals surface area contributed by atoms with Gasteiger partial charge in [0.25, 0.3) is 0 Å². The second-order valence-corrected chi connectivity index (χ2v) is 7.68. The minimum atomic E-state index is -0.178. The molecule has 0 aromatic rings. The van der Waals surface area contributed by atoms with Gasteiger partial charge in [0.2, 0.25) is 5.91 Å². The zero-order valence-corrected chi connectivity index (χ0v) is 12.4. The van der Waals surface area contributed by atoms with E-state index in [0.29, 0.717) is 5.91 Å². The number of carbonyl (C=O) groups is 1. The Kier molecular flexibility index (Phi) is 3.23. The number of hydrogen-bond donors (Lipinski definition) is 1. The highest BCUT2D eigenvalue weighted by Crippen LogP contribution is 2.46. The molecule has 1 N–H and O–H groups in total. The predicted octanol–water partition coefficient (Wildman–Crippen LogP) is 3.82. The fourth-order valence-electron chi connectivity index (χ4n) is 4.70. The van der Waals surface area contributed by atoms with Crippen molar-refractivity contribution in [1.82, 2.24) is 5.32 Å². The largest absolute Gasteiger partial charge is 0.350 e. The van der Waals surface area contributed by atoms with Crippen LogP contribution in [-0.2, 0) is 4.79 Å². The molecule has 0 aromatic heterocycles. The molecule has 3 atom stereocenters. The first-order valence-corrected chi connectivity index (χ1v) is 7.99. The van der Waals surface area contributed by atoms with Crippen LogP contribution in [0.3, 0.4) is 0 Å². The van der Waals surface area contributed by atoms with Gasteiger partial charge in [0, 0.05) is 5.54 Å². The number of allylic oxidation sites excluding steroid dienone is 2. The first-order valence-electron chi connectivity index (χ1n) is 7.99. The maximum Gasteiger partial charge on any atom is 0.226 e. The van der Waals surface area contributed by atoms with Crippen molar-refractivity contribution in [2.45, 2.75) is 70.8 Å². The van der Waals surface area contributed by atoms with Gasteiger partial charge in [-0.15, -0.1) is 0 Å². The molecule has 2 heteroatoms. The molecule has 2 nitrogen and oxygen atoms in total. The number of nitrogens with one attached hydrogen (secondary N) is 1. The van der Waals surface area contributed by atoms with Gasteiger partial charge in [0.1, 0.15) is 0 Å². The van der Waals surface area contributed by atoms with Crippen molar-refractivity contribution in [2.75, 3.05) is 0 Å². The smallest absolute Gasteiger partial charge is 0.226 e. The molecule has 0 aliphatic heterocycles. The highest BCUT2D eigenvalue weighted by molar-refractivity contribution is 5.83. The van der Waals surface area contributed by atoms with Crippen LogP contribution in [0.15, 0.2) is 12.2 Å². The maximum absolute atomic E-state index is 12.7. The van der Waals surface area contributed by atoms with Gasteiger partial charge in [-0.3, -0.25) is 4.79 Å². The van der Waals surface area contributed by atoms with Crippen molar-refractivity contribution in [3.05, 3.63) is 12.2 Å².